The van der Waals surface area contributed by atoms with Crippen LogP contribution in [0.15, 0.2) is 36.7 Å². The zero-order chi connectivity index (χ0) is 15.4. The van der Waals surface area contributed by atoms with Gasteiger partial charge in [-0.1, -0.05) is 17.7 Å². The van der Waals surface area contributed by atoms with Crippen LogP contribution in [0.3, 0.4) is 0 Å². The number of carboxylic acids is 1. The van der Waals surface area contributed by atoms with Crippen molar-refractivity contribution in [1.82, 2.24) is 4.98 Å². The molecule has 0 aliphatic carbocycles. The molecule has 1 heterocycles. The van der Waals surface area contributed by atoms with Crippen molar-refractivity contribution in [1.29, 1.82) is 0 Å². The van der Waals surface area contributed by atoms with Gasteiger partial charge in [-0.05, 0) is 12.1 Å². The molecule has 8 heteroatoms. The van der Waals surface area contributed by atoms with Gasteiger partial charge in [0.05, 0.1) is 27.3 Å². The fraction of sp³-hybridized carbons (Fsp3) is 0.0769. The van der Waals surface area contributed by atoms with Crippen LogP contribution < -0.4 is 4.74 Å². The highest BCUT2D eigenvalue weighted by Gasteiger charge is 2.17. The largest absolute Gasteiger partial charge is 0.487 e. The van der Waals surface area contributed by atoms with E-state index in [4.69, 9.17) is 21.4 Å². The minimum Gasteiger partial charge on any atom is -0.487 e. The predicted octanol–water partition coefficient (Wildman–Crippen LogP) is 2.92. The number of rotatable bonds is 5. The van der Waals surface area contributed by atoms with Crippen molar-refractivity contribution in [3.05, 3.63) is 62.9 Å². The number of hydrogen-bond donors (Lipinski definition) is 1. The molecule has 0 aliphatic heterocycles. The Kier molecular flexibility index (Phi) is 4.34. The lowest BCUT2D eigenvalue weighted by Crippen LogP contribution is -2.03. The van der Waals surface area contributed by atoms with Gasteiger partial charge in [-0.3, -0.25) is 15.1 Å². The summed E-state index contributed by atoms with van der Waals surface area (Å²) >= 11 is 5.93. The van der Waals surface area contributed by atoms with Gasteiger partial charge in [-0.15, -0.1) is 0 Å². The highest BCUT2D eigenvalue weighted by atomic mass is 35.5. The van der Waals surface area contributed by atoms with Crippen LogP contribution >= 0.6 is 11.6 Å². The molecule has 1 aromatic heterocycles. The quantitative estimate of drug-likeness (QED) is 0.673. The van der Waals surface area contributed by atoms with Gasteiger partial charge < -0.3 is 9.84 Å². The maximum absolute atomic E-state index is 10.9. The predicted molar refractivity (Wildman–Crippen MR) is 73.6 cm³/mol. The summed E-state index contributed by atoms with van der Waals surface area (Å²) in [5, 5.41) is 20.0. The highest BCUT2D eigenvalue weighted by Crippen LogP contribution is 2.27. The number of halogens is 1. The van der Waals surface area contributed by atoms with Gasteiger partial charge in [0.1, 0.15) is 12.4 Å². The lowest BCUT2D eigenvalue weighted by molar-refractivity contribution is -0.385. The first-order valence-electron chi connectivity index (χ1n) is 5.72. The number of aromatic nitrogens is 1. The average molecular weight is 309 g/mol. The van der Waals surface area contributed by atoms with Gasteiger partial charge in [0.15, 0.2) is 0 Å². The van der Waals surface area contributed by atoms with Crippen molar-refractivity contribution in [3.8, 4) is 5.75 Å². The van der Waals surface area contributed by atoms with Crippen molar-refractivity contribution in [2.75, 3.05) is 0 Å². The van der Waals surface area contributed by atoms with E-state index in [1.54, 1.807) is 0 Å². The lowest BCUT2D eigenvalue weighted by atomic mass is 10.2. The lowest BCUT2D eigenvalue weighted by Gasteiger charge is -2.08. The van der Waals surface area contributed by atoms with E-state index in [0.29, 0.717) is 0 Å². The summed E-state index contributed by atoms with van der Waals surface area (Å²) in [6.07, 6.45) is 2.49. The number of nitro groups is 1. The molecule has 1 N–H and O–H groups in total. The second-order valence-corrected chi connectivity index (χ2v) is 4.40. The number of pyridine rings is 1. The molecule has 21 heavy (non-hydrogen) atoms. The van der Waals surface area contributed by atoms with Crippen LogP contribution in [0.4, 0.5) is 5.69 Å². The van der Waals surface area contributed by atoms with E-state index < -0.39 is 10.9 Å². The van der Waals surface area contributed by atoms with Crippen molar-refractivity contribution in [2.45, 2.75) is 6.61 Å². The average Bonchev–Trinajstić information content (AvgIpc) is 2.46. The van der Waals surface area contributed by atoms with E-state index in [-0.39, 0.29) is 34.2 Å². The summed E-state index contributed by atoms with van der Waals surface area (Å²) in [6, 6.07) is 5.57. The molecule has 7 nitrogen and oxygen atoms in total. The Hall–Kier alpha value is -2.67. The minimum atomic E-state index is -1.14. The molecule has 0 bridgehead atoms. The summed E-state index contributed by atoms with van der Waals surface area (Å²) < 4.78 is 5.34. The van der Waals surface area contributed by atoms with Crippen LogP contribution in [0.25, 0.3) is 0 Å². The van der Waals surface area contributed by atoms with Crippen molar-refractivity contribution >= 4 is 23.3 Å². The number of ether oxygens (including phenoxy) is 1. The number of carboxylic acid groups (broad SMARTS) is 1. The van der Waals surface area contributed by atoms with Crippen LogP contribution in [-0.4, -0.2) is 21.0 Å². The first-order valence-corrected chi connectivity index (χ1v) is 6.09. The first-order chi connectivity index (χ1) is 9.99. The molecule has 0 radical (unpaired) electrons. The Balaban J connectivity index is 2.22. The number of nitrogens with zero attached hydrogens (tertiary/aromatic N) is 2. The van der Waals surface area contributed by atoms with E-state index in [1.165, 1.54) is 36.7 Å². The third-order valence-corrected chi connectivity index (χ3v) is 2.99. The third kappa shape index (κ3) is 3.46. The zero-order valence-corrected chi connectivity index (χ0v) is 11.3. The van der Waals surface area contributed by atoms with Gasteiger partial charge in [0.25, 0.3) is 5.69 Å². The van der Waals surface area contributed by atoms with Crippen molar-refractivity contribution in [2.24, 2.45) is 0 Å². The first kappa shape index (κ1) is 14.7. The molecule has 2 rings (SSSR count). The van der Waals surface area contributed by atoms with E-state index in [1.807, 2.05) is 0 Å². The van der Waals surface area contributed by atoms with Gasteiger partial charge in [-0.25, -0.2) is 4.79 Å². The Labute approximate surface area is 123 Å². The number of aromatic carboxylic acids is 1. The second-order valence-electron chi connectivity index (χ2n) is 4.00. The van der Waals surface area contributed by atoms with Crippen LogP contribution in [0, 0.1) is 10.1 Å². The van der Waals surface area contributed by atoms with Gasteiger partial charge in [0.2, 0.25) is 0 Å². The van der Waals surface area contributed by atoms with Crippen LogP contribution in [-0.2, 0) is 6.61 Å². The van der Waals surface area contributed by atoms with Crippen LogP contribution in [0.1, 0.15) is 15.9 Å². The molecule has 0 amide bonds. The molecule has 108 valence electrons. The molecule has 1 aromatic carbocycles. The molecule has 0 aliphatic rings. The summed E-state index contributed by atoms with van der Waals surface area (Å²) in [5.74, 6) is -0.958. The van der Waals surface area contributed by atoms with E-state index in [0.717, 1.165) is 0 Å². The molecule has 0 saturated carbocycles. The fourth-order valence-electron chi connectivity index (χ4n) is 1.63. The molecule has 0 saturated heterocycles. The second kappa shape index (κ2) is 6.19. The standard InChI is InChI=1S/C13H9ClN2O5/c14-11-2-1-3-12(16(19)20)10(11)7-21-9-4-8(13(17)18)5-15-6-9/h1-6H,7H2,(H,17,18). The minimum absolute atomic E-state index is 0.0406. The fourth-order valence-corrected chi connectivity index (χ4v) is 1.86. The third-order valence-electron chi connectivity index (χ3n) is 2.63. The normalized spacial score (nSPS) is 10.1. The Morgan fingerprint density at radius 1 is 1.43 bits per heavy atom. The number of nitro benzene ring substituents is 1. The topological polar surface area (TPSA) is 103 Å². The monoisotopic (exact) mass is 308 g/mol. The summed E-state index contributed by atoms with van der Waals surface area (Å²) in [7, 11) is 0. The molecule has 2 aromatic rings. The number of carbonyl (C=O) groups is 1. The molecular formula is C13H9ClN2O5. The molecule has 0 unspecified atom stereocenters. The maximum atomic E-state index is 10.9. The summed E-state index contributed by atoms with van der Waals surface area (Å²) in [5.41, 5.74) is 0.0101. The van der Waals surface area contributed by atoms with Crippen molar-refractivity contribution in [3.63, 3.8) is 0 Å². The van der Waals surface area contributed by atoms with E-state index in [2.05, 4.69) is 4.98 Å². The summed E-state index contributed by atoms with van der Waals surface area (Å²) in [6.45, 7) is -0.166. The van der Waals surface area contributed by atoms with Gasteiger partial charge in [-0.2, -0.15) is 0 Å². The maximum Gasteiger partial charge on any atom is 0.337 e. The molecule has 0 spiro atoms. The summed E-state index contributed by atoms with van der Waals surface area (Å²) in [4.78, 5) is 24.9. The molecular weight excluding hydrogens is 300 g/mol. The van der Waals surface area contributed by atoms with Crippen molar-refractivity contribution < 1.29 is 19.6 Å². The SMILES string of the molecule is O=C(O)c1cncc(OCc2c(Cl)cccc2[N+](=O)[O-])c1. The van der Waals surface area contributed by atoms with Crippen LogP contribution in [0.2, 0.25) is 5.02 Å². The van der Waals surface area contributed by atoms with Gasteiger partial charge >= 0.3 is 5.97 Å². The number of hydrogen-bond acceptors (Lipinski definition) is 5. The molecule has 0 fully saturated rings. The van der Waals surface area contributed by atoms with E-state index >= 15 is 0 Å². The Bertz CT molecular complexity index is 705. The molecule has 0 atom stereocenters. The number of benzene rings is 1. The Morgan fingerprint density at radius 3 is 2.86 bits per heavy atom. The highest BCUT2D eigenvalue weighted by molar-refractivity contribution is 6.31. The Morgan fingerprint density at radius 2 is 2.19 bits per heavy atom. The smallest absolute Gasteiger partial charge is 0.337 e. The van der Waals surface area contributed by atoms with E-state index in [9.17, 15) is 14.9 Å². The van der Waals surface area contributed by atoms with Gasteiger partial charge in [0, 0.05) is 12.3 Å². The van der Waals surface area contributed by atoms with Crippen LogP contribution in [0.5, 0.6) is 5.75 Å². The zero-order valence-electron chi connectivity index (χ0n) is 10.5.